The van der Waals surface area contributed by atoms with Crippen molar-refractivity contribution in [2.75, 3.05) is 13.7 Å². The first kappa shape index (κ1) is 21.2. The number of esters is 1. The number of hydrogen-bond donors (Lipinski definition) is 2. The topological polar surface area (TPSA) is 93.7 Å². The van der Waals surface area contributed by atoms with Gasteiger partial charge in [0.15, 0.2) is 6.61 Å². The van der Waals surface area contributed by atoms with Crippen LogP contribution in [0.25, 0.3) is 6.08 Å². The Hall–Kier alpha value is -2.83. The highest BCUT2D eigenvalue weighted by Crippen LogP contribution is 2.12. The smallest absolute Gasteiger partial charge is 0.328 e. The highest BCUT2D eigenvalue weighted by Gasteiger charge is 2.19. The van der Waals surface area contributed by atoms with Crippen LogP contribution >= 0.6 is 0 Å². The fourth-order valence-electron chi connectivity index (χ4n) is 1.92. The van der Waals surface area contributed by atoms with Gasteiger partial charge in [0.25, 0.3) is 5.91 Å². The molecule has 0 heterocycles. The van der Waals surface area contributed by atoms with Gasteiger partial charge in [-0.2, -0.15) is 0 Å². The van der Waals surface area contributed by atoms with Gasteiger partial charge in [-0.15, -0.1) is 0 Å². The van der Waals surface area contributed by atoms with E-state index in [1.165, 1.54) is 13.0 Å². The zero-order valence-corrected chi connectivity index (χ0v) is 15.8. The van der Waals surface area contributed by atoms with Crippen molar-refractivity contribution in [2.24, 2.45) is 0 Å². The molecule has 0 radical (unpaired) electrons. The predicted molar refractivity (Wildman–Crippen MR) is 98.5 cm³/mol. The van der Waals surface area contributed by atoms with E-state index < -0.39 is 36.0 Å². The van der Waals surface area contributed by atoms with E-state index in [1.54, 1.807) is 37.5 Å². The maximum absolute atomic E-state index is 11.9. The molecule has 0 bridgehead atoms. The third kappa shape index (κ3) is 8.32. The number of hydrogen-bond acceptors (Lipinski definition) is 5. The van der Waals surface area contributed by atoms with Crippen LogP contribution < -0.4 is 15.4 Å². The predicted octanol–water partition coefficient (Wildman–Crippen LogP) is 1.67. The van der Waals surface area contributed by atoms with Crippen molar-refractivity contribution in [1.82, 2.24) is 10.6 Å². The minimum atomic E-state index is -0.870. The Bertz CT molecular complexity index is 660. The average Bonchev–Trinajstić information content (AvgIpc) is 2.56. The van der Waals surface area contributed by atoms with Crippen LogP contribution in [0.15, 0.2) is 30.3 Å². The largest absolute Gasteiger partial charge is 0.497 e. The van der Waals surface area contributed by atoms with E-state index in [1.807, 2.05) is 20.8 Å². The summed E-state index contributed by atoms with van der Waals surface area (Å²) in [5, 5.41) is 5.16. The van der Waals surface area contributed by atoms with Crippen LogP contribution in [0.4, 0.5) is 0 Å². The van der Waals surface area contributed by atoms with E-state index in [-0.39, 0.29) is 0 Å². The minimum Gasteiger partial charge on any atom is -0.497 e. The molecule has 1 atom stereocenters. The number of methoxy groups -OCH3 is 1. The maximum Gasteiger partial charge on any atom is 0.328 e. The lowest BCUT2D eigenvalue weighted by molar-refractivity contribution is -0.151. The average molecular weight is 362 g/mol. The molecule has 0 saturated carbocycles. The van der Waals surface area contributed by atoms with Crippen molar-refractivity contribution < 1.29 is 23.9 Å². The van der Waals surface area contributed by atoms with Gasteiger partial charge in [-0.1, -0.05) is 12.1 Å². The van der Waals surface area contributed by atoms with Crippen molar-refractivity contribution in [3.8, 4) is 5.75 Å². The molecule has 1 aromatic rings. The summed E-state index contributed by atoms with van der Waals surface area (Å²) in [5.74, 6) is -0.799. The summed E-state index contributed by atoms with van der Waals surface area (Å²) in [6.45, 7) is 6.57. The summed E-state index contributed by atoms with van der Waals surface area (Å²) in [5.41, 5.74) is 0.408. The first-order chi connectivity index (χ1) is 12.1. The monoisotopic (exact) mass is 362 g/mol. The van der Waals surface area contributed by atoms with Gasteiger partial charge in [0.1, 0.15) is 11.8 Å². The number of carbonyl (C=O) groups is 3. The van der Waals surface area contributed by atoms with Crippen molar-refractivity contribution in [1.29, 1.82) is 0 Å². The number of amides is 2. The van der Waals surface area contributed by atoms with Gasteiger partial charge in [0.05, 0.1) is 7.11 Å². The highest BCUT2D eigenvalue weighted by molar-refractivity contribution is 5.94. The molecule has 7 nitrogen and oxygen atoms in total. The molecular formula is C19H26N2O5. The van der Waals surface area contributed by atoms with Crippen molar-refractivity contribution >= 4 is 23.9 Å². The van der Waals surface area contributed by atoms with Gasteiger partial charge in [-0.3, -0.25) is 9.59 Å². The number of ether oxygens (including phenoxy) is 2. The molecule has 2 amide bonds. The second-order valence-electron chi connectivity index (χ2n) is 6.74. The molecule has 1 unspecified atom stereocenters. The summed E-state index contributed by atoms with van der Waals surface area (Å²) in [6.07, 6.45) is 2.93. The molecule has 1 rings (SSSR count). The van der Waals surface area contributed by atoms with E-state index in [9.17, 15) is 14.4 Å². The summed E-state index contributed by atoms with van der Waals surface area (Å²) >= 11 is 0. The lowest BCUT2D eigenvalue weighted by atomic mass is 10.1. The van der Waals surface area contributed by atoms with Crippen LogP contribution in [-0.4, -0.2) is 43.1 Å². The molecular weight excluding hydrogens is 336 g/mol. The van der Waals surface area contributed by atoms with Crippen LogP contribution in [0, 0.1) is 0 Å². The Kier molecular flexibility index (Phi) is 7.83. The molecule has 0 spiro atoms. The van der Waals surface area contributed by atoms with E-state index in [0.717, 1.165) is 11.3 Å². The molecule has 0 fully saturated rings. The zero-order chi connectivity index (χ0) is 19.7. The summed E-state index contributed by atoms with van der Waals surface area (Å²) in [4.78, 5) is 35.3. The maximum atomic E-state index is 11.9. The first-order valence-corrected chi connectivity index (χ1v) is 8.21. The van der Waals surface area contributed by atoms with Crippen molar-refractivity contribution in [3.63, 3.8) is 0 Å². The van der Waals surface area contributed by atoms with Crippen LogP contribution in [0.3, 0.4) is 0 Å². The van der Waals surface area contributed by atoms with E-state index in [2.05, 4.69) is 10.6 Å². The highest BCUT2D eigenvalue weighted by atomic mass is 16.5. The quantitative estimate of drug-likeness (QED) is 0.568. The number of benzene rings is 1. The molecule has 1 aromatic carbocycles. The number of carbonyl (C=O) groups excluding carboxylic acids is 3. The Morgan fingerprint density at radius 3 is 2.31 bits per heavy atom. The Morgan fingerprint density at radius 2 is 1.77 bits per heavy atom. The summed E-state index contributed by atoms with van der Waals surface area (Å²) in [6, 6.07) is 6.29. The van der Waals surface area contributed by atoms with Crippen molar-refractivity contribution in [2.45, 2.75) is 39.3 Å². The Morgan fingerprint density at radius 1 is 1.15 bits per heavy atom. The van der Waals surface area contributed by atoms with Gasteiger partial charge in [0.2, 0.25) is 5.91 Å². The minimum absolute atomic E-state index is 0.391. The molecule has 142 valence electrons. The second kappa shape index (κ2) is 9.60. The fourth-order valence-corrected chi connectivity index (χ4v) is 1.92. The molecule has 7 heteroatoms. The van der Waals surface area contributed by atoms with Gasteiger partial charge in [-0.25, -0.2) is 4.79 Å². The van der Waals surface area contributed by atoms with E-state index in [0.29, 0.717) is 0 Å². The molecule has 2 N–H and O–H groups in total. The van der Waals surface area contributed by atoms with Crippen LogP contribution in [0.1, 0.15) is 33.3 Å². The lowest BCUT2D eigenvalue weighted by Crippen LogP contribution is -2.44. The standard InChI is InChI=1S/C19H26N2O5/c1-13(18(24)26-12-17(23)21-19(2,3)4)20-16(22)11-8-14-6-9-15(25-5)10-7-14/h6-11,13H,12H2,1-5H3,(H,20,22)(H,21,23). The molecule has 0 aromatic heterocycles. The van der Waals surface area contributed by atoms with Gasteiger partial charge in [0, 0.05) is 11.6 Å². The third-order valence-corrected chi connectivity index (χ3v) is 3.12. The molecule has 0 aliphatic carbocycles. The summed E-state index contributed by atoms with van der Waals surface area (Å²) in [7, 11) is 1.57. The van der Waals surface area contributed by atoms with Gasteiger partial charge < -0.3 is 20.1 Å². The number of nitrogens with one attached hydrogen (secondary N) is 2. The van der Waals surface area contributed by atoms with Gasteiger partial charge >= 0.3 is 5.97 Å². The van der Waals surface area contributed by atoms with Crippen LogP contribution in [0.5, 0.6) is 5.75 Å². The lowest BCUT2D eigenvalue weighted by Gasteiger charge is -2.20. The second-order valence-corrected chi connectivity index (χ2v) is 6.74. The van der Waals surface area contributed by atoms with Gasteiger partial charge in [-0.05, 0) is 51.5 Å². The normalized spacial score (nSPS) is 12.3. The van der Waals surface area contributed by atoms with Crippen LogP contribution in [0.2, 0.25) is 0 Å². The molecule has 0 aliphatic rings. The van der Waals surface area contributed by atoms with E-state index in [4.69, 9.17) is 9.47 Å². The SMILES string of the molecule is COc1ccc(C=CC(=O)NC(C)C(=O)OCC(=O)NC(C)(C)C)cc1. The molecule has 26 heavy (non-hydrogen) atoms. The van der Waals surface area contributed by atoms with Crippen LogP contribution in [-0.2, 0) is 19.1 Å². The third-order valence-electron chi connectivity index (χ3n) is 3.12. The molecule has 0 saturated heterocycles. The summed E-state index contributed by atoms with van der Waals surface area (Å²) < 4.78 is 9.95. The molecule has 0 aliphatic heterocycles. The fraction of sp³-hybridized carbons (Fsp3) is 0.421. The zero-order valence-electron chi connectivity index (χ0n) is 15.8. The Balaban J connectivity index is 2.43. The van der Waals surface area contributed by atoms with Crippen molar-refractivity contribution in [3.05, 3.63) is 35.9 Å². The number of rotatable bonds is 7. The first-order valence-electron chi connectivity index (χ1n) is 8.21. The Labute approximate surface area is 153 Å². The van der Waals surface area contributed by atoms with E-state index >= 15 is 0 Å².